The standard InChI is InChI=1S/C19H21NO4/c1-5-13-12(3)15-10-24-19(23)17(15)18(20-4)14(13)8-6-11(2)7-9-16(21)22/h1,6,20H,7-10H2,2-4H3,(H,21,22)/b11-6+. The molecule has 1 aliphatic heterocycles. The molecule has 0 bridgehead atoms. The number of esters is 1. The Hall–Kier alpha value is -2.74. The molecular weight excluding hydrogens is 306 g/mol. The van der Waals surface area contributed by atoms with Crippen molar-refractivity contribution < 1.29 is 19.4 Å². The number of carbonyl (C=O) groups is 2. The molecule has 0 aliphatic carbocycles. The lowest BCUT2D eigenvalue weighted by molar-refractivity contribution is -0.136. The molecule has 1 aromatic rings. The minimum Gasteiger partial charge on any atom is -0.481 e. The van der Waals surface area contributed by atoms with Crippen LogP contribution >= 0.6 is 0 Å². The number of carboxylic acid groups (broad SMARTS) is 1. The number of fused-ring (bicyclic) bond motifs is 1. The summed E-state index contributed by atoms with van der Waals surface area (Å²) in [5, 5.41) is 11.9. The highest BCUT2D eigenvalue weighted by Gasteiger charge is 2.30. The normalized spacial score (nSPS) is 13.2. The number of hydrogen-bond acceptors (Lipinski definition) is 4. The van der Waals surface area contributed by atoms with Crippen molar-refractivity contribution in [3.63, 3.8) is 0 Å². The van der Waals surface area contributed by atoms with Gasteiger partial charge in [0.15, 0.2) is 0 Å². The lowest BCUT2D eigenvalue weighted by atomic mass is 9.89. The van der Waals surface area contributed by atoms with Crippen LogP contribution < -0.4 is 5.32 Å². The predicted molar refractivity (Wildman–Crippen MR) is 92.1 cm³/mol. The van der Waals surface area contributed by atoms with Crippen molar-refractivity contribution in [2.45, 2.75) is 39.7 Å². The van der Waals surface area contributed by atoms with E-state index in [9.17, 15) is 9.59 Å². The molecular formula is C19H21NO4. The summed E-state index contributed by atoms with van der Waals surface area (Å²) in [5.74, 6) is 1.57. The Kier molecular flexibility index (Phi) is 5.30. The second-order valence-electron chi connectivity index (χ2n) is 5.83. The zero-order valence-electron chi connectivity index (χ0n) is 14.2. The number of ether oxygens (including phenoxy) is 1. The number of rotatable bonds is 6. The molecule has 0 atom stereocenters. The number of carbonyl (C=O) groups excluding carboxylic acids is 1. The quantitative estimate of drug-likeness (QED) is 0.477. The highest BCUT2D eigenvalue weighted by atomic mass is 16.5. The lowest BCUT2D eigenvalue weighted by Crippen LogP contribution is -2.09. The maximum absolute atomic E-state index is 12.1. The summed E-state index contributed by atoms with van der Waals surface area (Å²) < 4.78 is 5.16. The third-order valence-electron chi connectivity index (χ3n) is 4.32. The van der Waals surface area contributed by atoms with Crippen molar-refractivity contribution in [3.05, 3.63) is 39.5 Å². The molecule has 0 amide bonds. The van der Waals surface area contributed by atoms with Crippen molar-refractivity contribution in [2.24, 2.45) is 0 Å². The molecule has 1 aromatic carbocycles. The number of benzene rings is 1. The van der Waals surface area contributed by atoms with Gasteiger partial charge in [0.1, 0.15) is 6.61 Å². The van der Waals surface area contributed by atoms with Crippen LogP contribution in [0.25, 0.3) is 0 Å². The number of terminal acetylenes is 1. The summed E-state index contributed by atoms with van der Waals surface area (Å²) in [7, 11) is 1.75. The molecule has 126 valence electrons. The number of nitrogens with one attached hydrogen (secondary N) is 1. The van der Waals surface area contributed by atoms with Crippen LogP contribution in [0, 0.1) is 19.3 Å². The minimum atomic E-state index is -0.820. The van der Waals surface area contributed by atoms with Crippen molar-refractivity contribution in [1.82, 2.24) is 0 Å². The smallest absolute Gasteiger partial charge is 0.341 e. The van der Waals surface area contributed by atoms with Gasteiger partial charge in [0.2, 0.25) is 0 Å². The third kappa shape index (κ3) is 3.28. The molecule has 0 aromatic heterocycles. The van der Waals surface area contributed by atoms with E-state index in [0.29, 0.717) is 24.1 Å². The molecule has 0 fully saturated rings. The molecule has 0 saturated carbocycles. The molecule has 2 rings (SSSR count). The molecule has 5 nitrogen and oxygen atoms in total. The Morgan fingerprint density at radius 3 is 2.75 bits per heavy atom. The molecule has 1 aliphatic rings. The van der Waals surface area contributed by atoms with Gasteiger partial charge in [-0.2, -0.15) is 0 Å². The van der Waals surface area contributed by atoms with Crippen molar-refractivity contribution in [2.75, 3.05) is 12.4 Å². The van der Waals surface area contributed by atoms with Gasteiger partial charge in [-0.3, -0.25) is 4.79 Å². The highest BCUT2D eigenvalue weighted by Crippen LogP contribution is 2.36. The fourth-order valence-corrected chi connectivity index (χ4v) is 2.96. The van der Waals surface area contributed by atoms with E-state index in [1.54, 1.807) is 7.05 Å². The van der Waals surface area contributed by atoms with E-state index in [1.165, 1.54) is 0 Å². The van der Waals surface area contributed by atoms with Crippen LogP contribution in [0.2, 0.25) is 0 Å². The number of cyclic esters (lactones) is 1. The molecule has 1 heterocycles. The van der Waals surface area contributed by atoms with Crippen LogP contribution in [-0.4, -0.2) is 24.1 Å². The van der Waals surface area contributed by atoms with Gasteiger partial charge in [0, 0.05) is 24.6 Å². The SMILES string of the molecule is C#Cc1c(C)c2c(c(NC)c1C/C=C(\C)CCC(=O)O)C(=O)OC2. The first-order chi connectivity index (χ1) is 11.4. The molecule has 24 heavy (non-hydrogen) atoms. The summed E-state index contributed by atoms with van der Waals surface area (Å²) in [4.78, 5) is 22.7. The van der Waals surface area contributed by atoms with Crippen molar-refractivity contribution in [3.8, 4) is 12.3 Å². The van der Waals surface area contributed by atoms with Crippen molar-refractivity contribution >= 4 is 17.6 Å². The Balaban J connectivity index is 2.46. The Labute approximate surface area is 141 Å². The summed E-state index contributed by atoms with van der Waals surface area (Å²) >= 11 is 0. The van der Waals surface area contributed by atoms with E-state index in [0.717, 1.165) is 27.8 Å². The maximum atomic E-state index is 12.1. The fourth-order valence-electron chi connectivity index (χ4n) is 2.96. The summed E-state index contributed by atoms with van der Waals surface area (Å²) in [5.41, 5.74) is 5.59. The van der Waals surface area contributed by atoms with E-state index >= 15 is 0 Å². The molecule has 0 unspecified atom stereocenters. The average molecular weight is 327 g/mol. The largest absolute Gasteiger partial charge is 0.481 e. The predicted octanol–water partition coefficient (Wildman–Crippen LogP) is 3.04. The summed E-state index contributed by atoms with van der Waals surface area (Å²) in [6, 6.07) is 0. The Morgan fingerprint density at radius 1 is 1.46 bits per heavy atom. The van der Waals surface area contributed by atoms with Gasteiger partial charge in [-0.1, -0.05) is 17.6 Å². The van der Waals surface area contributed by atoms with Gasteiger partial charge in [-0.25, -0.2) is 4.79 Å². The van der Waals surface area contributed by atoms with Crippen LogP contribution in [0.5, 0.6) is 0 Å². The molecule has 0 spiro atoms. The van der Waals surface area contributed by atoms with Gasteiger partial charge in [0.05, 0.1) is 11.3 Å². The van der Waals surface area contributed by atoms with Gasteiger partial charge >= 0.3 is 11.9 Å². The first kappa shape index (κ1) is 17.6. The van der Waals surface area contributed by atoms with E-state index in [1.807, 2.05) is 19.9 Å². The number of aliphatic carboxylic acids is 1. The molecule has 0 radical (unpaired) electrons. The van der Waals surface area contributed by atoms with E-state index < -0.39 is 5.97 Å². The van der Waals surface area contributed by atoms with Gasteiger partial charge < -0.3 is 15.2 Å². The minimum absolute atomic E-state index is 0.0960. The molecule has 0 saturated heterocycles. The van der Waals surface area contributed by atoms with Gasteiger partial charge in [-0.05, 0) is 37.8 Å². The second-order valence-corrected chi connectivity index (χ2v) is 5.83. The van der Waals surface area contributed by atoms with Crippen LogP contribution in [0.3, 0.4) is 0 Å². The third-order valence-corrected chi connectivity index (χ3v) is 4.32. The van der Waals surface area contributed by atoms with E-state index in [-0.39, 0.29) is 19.0 Å². The molecule has 5 heteroatoms. The van der Waals surface area contributed by atoms with Crippen LogP contribution in [-0.2, 0) is 22.6 Å². The number of carboxylic acids is 1. The van der Waals surface area contributed by atoms with Gasteiger partial charge in [0.25, 0.3) is 0 Å². The lowest BCUT2D eigenvalue weighted by Gasteiger charge is -2.17. The molecule has 2 N–H and O–H groups in total. The topological polar surface area (TPSA) is 75.6 Å². The Morgan fingerprint density at radius 2 is 2.17 bits per heavy atom. The first-order valence-corrected chi connectivity index (χ1v) is 7.77. The summed E-state index contributed by atoms with van der Waals surface area (Å²) in [6.45, 7) is 4.04. The number of hydrogen-bond donors (Lipinski definition) is 2. The monoisotopic (exact) mass is 327 g/mol. The Bertz CT molecular complexity index is 769. The maximum Gasteiger partial charge on any atom is 0.341 e. The highest BCUT2D eigenvalue weighted by molar-refractivity contribution is 6.01. The summed E-state index contributed by atoms with van der Waals surface area (Å²) in [6.07, 6.45) is 8.78. The fraction of sp³-hybridized carbons (Fsp3) is 0.368. The van der Waals surface area contributed by atoms with Crippen LogP contribution in [0.1, 0.15) is 52.4 Å². The van der Waals surface area contributed by atoms with Crippen LogP contribution in [0.15, 0.2) is 11.6 Å². The average Bonchev–Trinajstić information content (AvgIpc) is 2.93. The van der Waals surface area contributed by atoms with Crippen molar-refractivity contribution in [1.29, 1.82) is 0 Å². The van der Waals surface area contributed by atoms with Gasteiger partial charge in [-0.15, -0.1) is 6.42 Å². The first-order valence-electron chi connectivity index (χ1n) is 7.77. The second kappa shape index (κ2) is 7.22. The van der Waals surface area contributed by atoms with Crippen LogP contribution in [0.4, 0.5) is 5.69 Å². The van der Waals surface area contributed by atoms with E-state index in [2.05, 4.69) is 11.2 Å². The number of anilines is 1. The number of allylic oxidation sites excluding steroid dienone is 2. The van der Waals surface area contributed by atoms with E-state index in [4.69, 9.17) is 16.3 Å². The zero-order chi connectivity index (χ0) is 17.9. The zero-order valence-corrected chi connectivity index (χ0v) is 14.2.